The highest BCUT2D eigenvalue weighted by Crippen LogP contribution is 2.32. The van der Waals surface area contributed by atoms with Crippen molar-refractivity contribution in [1.82, 2.24) is 4.98 Å². The quantitative estimate of drug-likeness (QED) is 0.861. The smallest absolute Gasteiger partial charge is 0.328 e. The molecule has 0 radical (unpaired) electrons. The van der Waals surface area contributed by atoms with Crippen LogP contribution >= 0.6 is 0 Å². The Labute approximate surface area is 120 Å². The molecule has 0 aromatic carbocycles. The van der Waals surface area contributed by atoms with Crippen LogP contribution in [0.15, 0.2) is 24.4 Å². The lowest BCUT2D eigenvalue weighted by molar-refractivity contribution is -0.131. The van der Waals surface area contributed by atoms with Crippen molar-refractivity contribution in [1.29, 1.82) is 0 Å². The van der Waals surface area contributed by atoms with Gasteiger partial charge in [0.05, 0.1) is 0 Å². The van der Waals surface area contributed by atoms with Crippen LogP contribution in [-0.2, 0) is 4.79 Å². The van der Waals surface area contributed by atoms with Crippen molar-refractivity contribution in [2.45, 2.75) is 33.2 Å². The zero-order valence-electron chi connectivity index (χ0n) is 12.3. The summed E-state index contributed by atoms with van der Waals surface area (Å²) >= 11 is 0. The van der Waals surface area contributed by atoms with Gasteiger partial charge in [0.1, 0.15) is 5.82 Å². The van der Waals surface area contributed by atoms with Crippen molar-refractivity contribution in [3.05, 3.63) is 30.0 Å². The Morgan fingerprint density at radius 2 is 2.20 bits per heavy atom. The van der Waals surface area contributed by atoms with E-state index >= 15 is 0 Å². The molecule has 4 heteroatoms. The second kappa shape index (κ2) is 6.07. The van der Waals surface area contributed by atoms with Crippen LogP contribution in [0, 0.1) is 11.8 Å². The highest BCUT2D eigenvalue weighted by Gasteiger charge is 2.30. The van der Waals surface area contributed by atoms with Crippen molar-refractivity contribution in [3.63, 3.8) is 0 Å². The van der Waals surface area contributed by atoms with Crippen LogP contribution in [0.4, 0.5) is 5.82 Å². The summed E-state index contributed by atoms with van der Waals surface area (Å²) in [6, 6.07) is 4.17. The van der Waals surface area contributed by atoms with Gasteiger partial charge in [-0.2, -0.15) is 0 Å². The minimum absolute atomic E-state index is 0.415. The van der Waals surface area contributed by atoms with Crippen LogP contribution in [0.25, 0.3) is 6.08 Å². The summed E-state index contributed by atoms with van der Waals surface area (Å²) in [6.45, 7) is 7.71. The number of carboxylic acid groups (broad SMARTS) is 1. The number of hydrogen-bond donors (Lipinski definition) is 1. The van der Waals surface area contributed by atoms with E-state index in [2.05, 4.69) is 30.7 Å². The Morgan fingerprint density at radius 1 is 1.45 bits per heavy atom. The molecule has 1 aromatic rings. The molecule has 1 aliphatic heterocycles. The van der Waals surface area contributed by atoms with Gasteiger partial charge in [-0.25, -0.2) is 9.78 Å². The summed E-state index contributed by atoms with van der Waals surface area (Å²) in [5.74, 6) is 1.18. The summed E-state index contributed by atoms with van der Waals surface area (Å²) in [7, 11) is 0. The van der Waals surface area contributed by atoms with Gasteiger partial charge in [-0.05, 0) is 43.4 Å². The first-order valence-electron chi connectivity index (χ1n) is 7.11. The SMILES string of the molecule is CC1CC(C)C(C)N(c2ncccc2/C=C/C(=O)O)C1. The second-order valence-corrected chi connectivity index (χ2v) is 5.80. The summed E-state index contributed by atoms with van der Waals surface area (Å²) in [4.78, 5) is 17.5. The maximum Gasteiger partial charge on any atom is 0.328 e. The van der Waals surface area contributed by atoms with Gasteiger partial charge in [0.15, 0.2) is 0 Å². The van der Waals surface area contributed by atoms with Gasteiger partial charge in [0, 0.05) is 30.4 Å². The number of hydrogen-bond acceptors (Lipinski definition) is 3. The molecule has 2 rings (SSSR count). The van der Waals surface area contributed by atoms with E-state index in [9.17, 15) is 4.79 Å². The van der Waals surface area contributed by atoms with Crippen LogP contribution in [0.1, 0.15) is 32.8 Å². The van der Waals surface area contributed by atoms with Gasteiger partial charge in [-0.3, -0.25) is 0 Å². The highest BCUT2D eigenvalue weighted by atomic mass is 16.4. The average Bonchev–Trinajstić information content (AvgIpc) is 2.41. The zero-order chi connectivity index (χ0) is 14.7. The van der Waals surface area contributed by atoms with Crippen LogP contribution in [0.3, 0.4) is 0 Å². The third kappa shape index (κ3) is 3.18. The lowest BCUT2D eigenvalue weighted by Gasteiger charge is -2.42. The van der Waals surface area contributed by atoms with E-state index in [4.69, 9.17) is 5.11 Å². The molecule has 3 unspecified atom stereocenters. The van der Waals surface area contributed by atoms with Gasteiger partial charge in [0.25, 0.3) is 0 Å². The molecular weight excluding hydrogens is 252 g/mol. The van der Waals surface area contributed by atoms with Crippen molar-refractivity contribution >= 4 is 17.9 Å². The Kier molecular flexibility index (Phi) is 4.42. The number of anilines is 1. The third-order valence-corrected chi connectivity index (χ3v) is 4.09. The van der Waals surface area contributed by atoms with E-state index in [0.29, 0.717) is 17.9 Å². The zero-order valence-corrected chi connectivity index (χ0v) is 12.3. The largest absolute Gasteiger partial charge is 0.478 e. The summed E-state index contributed by atoms with van der Waals surface area (Å²) in [5, 5.41) is 8.79. The fourth-order valence-corrected chi connectivity index (χ4v) is 2.94. The first-order chi connectivity index (χ1) is 9.49. The number of rotatable bonds is 3. The van der Waals surface area contributed by atoms with Crippen molar-refractivity contribution < 1.29 is 9.90 Å². The molecule has 0 aliphatic carbocycles. The van der Waals surface area contributed by atoms with Gasteiger partial charge >= 0.3 is 5.97 Å². The minimum Gasteiger partial charge on any atom is -0.478 e. The molecule has 0 amide bonds. The topological polar surface area (TPSA) is 53.4 Å². The van der Waals surface area contributed by atoms with Gasteiger partial charge < -0.3 is 10.0 Å². The predicted molar refractivity (Wildman–Crippen MR) is 80.7 cm³/mol. The van der Waals surface area contributed by atoms with Crippen molar-refractivity contribution in [2.75, 3.05) is 11.4 Å². The van der Waals surface area contributed by atoms with Crippen LogP contribution < -0.4 is 4.90 Å². The number of nitrogens with zero attached hydrogens (tertiary/aromatic N) is 2. The average molecular weight is 274 g/mol. The van der Waals surface area contributed by atoms with Crippen LogP contribution in [0.2, 0.25) is 0 Å². The first kappa shape index (κ1) is 14.6. The standard InChI is InChI=1S/C16H22N2O2/c1-11-9-12(2)13(3)18(10-11)16-14(5-4-8-17-16)6-7-15(19)20/h4-8,11-13H,9-10H2,1-3H3,(H,19,20)/b7-6+. The molecule has 1 aliphatic rings. The Hall–Kier alpha value is -1.84. The summed E-state index contributed by atoms with van der Waals surface area (Å²) < 4.78 is 0. The van der Waals surface area contributed by atoms with Crippen molar-refractivity contribution in [3.8, 4) is 0 Å². The lowest BCUT2D eigenvalue weighted by Crippen LogP contribution is -2.46. The molecule has 1 aromatic heterocycles. The molecule has 4 nitrogen and oxygen atoms in total. The molecule has 0 spiro atoms. The summed E-state index contributed by atoms with van der Waals surface area (Å²) in [5.41, 5.74) is 0.864. The third-order valence-electron chi connectivity index (χ3n) is 4.09. The van der Waals surface area contributed by atoms with Crippen LogP contribution in [-0.4, -0.2) is 28.6 Å². The summed E-state index contributed by atoms with van der Waals surface area (Å²) in [6.07, 6.45) is 5.79. The Balaban J connectivity index is 2.33. The monoisotopic (exact) mass is 274 g/mol. The minimum atomic E-state index is -0.937. The molecule has 0 bridgehead atoms. The van der Waals surface area contributed by atoms with E-state index in [1.54, 1.807) is 12.3 Å². The molecule has 1 fully saturated rings. The Morgan fingerprint density at radius 3 is 2.90 bits per heavy atom. The predicted octanol–water partition coefficient (Wildman–Crippen LogP) is 3.05. The molecule has 1 saturated heterocycles. The maximum atomic E-state index is 10.7. The van der Waals surface area contributed by atoms with Crippen molar-refractivity contribution in [2.24, 2.45) is 11.8 Å². The first-order valence-corrected chi connectivity index (χ1v) is 7.11. The normalized spacial score (nSPS) is 26.9. The maximum absolute atomic E-state index is 10.7. The number of piperidine rings is 1. The van der Waals surface area contributed by atoms with E-state index in [1.165, 1.54) is 12.5 Å². The van der Waals surface area contributed by atoms with Crippen LogP contribution in [0.5, 0.6) is 0 Å². The highest BCUT2D eigenvalue weighted by molar-refractivity contribution is 5.86. The van der Waals surface area contributed by atoms with E-state index in [1.807, 2.05) is 12.1 Å². The molecule has 0 saturated carbocycles. The van der Waals surface area contributed by atoms with E-state index in [-0.39, 0.29) is 0 Å². The molecule has 108 valence electrons. The number of carbonyl (C=O) groups is 1. The number of pyridine rings is 1. The number of carboxylic acids is 1. The fourth-order valence-electron chi connectivity index (χ4n) is 2.94. The molecule has 2 heterocycles. The molecule has 3 atom stereocenters. The molecule has 1 N–H and O–H groups in total. The molecular formula is C16H22N2O2. The van der Waals surface area contributed by atoms with Gasteiger partial charge in [-0.15, -0.1) is 0 Å². The second-order valence-electron chi connectivity index (χ2n) is 5.80. The van der Waals surface area contributed by atoms with E-state index in [0.717, 1.165) is 17.9 Å². The van der Waals surface area contributed by atoms with Gasteiger partial charge in [-0.1, -0.05) is 13.8 Å². The lowest BCUT2D eigenvalue weighted by atomic mass is 9.86. The number of aliphatic carboxylic acids is 1. The van der Waals surface area contributed by atoms with Gasteiger partial charge in [0.2, 0.25) is 0 Å². The number of aromatic nitrogens is 1. The fraction of sp³-hybridized carbons (Fsp3) is 0.500. The molecule has 20 heavy (non-hydrogen) atoms. The van der Waals surface area contributed by atoms with E-state index < -0.39 is 5.97 Å². The Bertz CT molecular complexity index is 513.